The molecule has 0 atom stereocenters. The largest absolute Gasteiger partial charge is 0.237 e. The van der Waals surface area contributed by atoms with Crippen molar-refractivity contribution in [1.82, 2.24) is 14.6 Å². The maximum Gasteiger partial charge on any atom is 0.155 e. The zero-order valence-corrected chi connectivity index (χ0v) is 8.11. The maximum atomic E-state index is 4.23. The molecule has 0 saturated heterocycles. The standard InChI is InChI=1S/C10H7N3S/c1-4-11-10-2-5-12-13(10)9(1)8-3-6-14-7-8/h1-7H. The Kier molecular flexibility index (Phi) is 1.61. The van der Waals surface area contributed by atoms with Gasteiger partial charge in [0.25, 0.3) is 0 Å². The van der Waals surface area contributed by atoms with E-state index in [0.29, 0.717) is 0 Å². The van der Waals surface area contributed by atoms with Crippen LogP contribution in [0.1, 0.15) is 0 Å². The lowest BCUT2D eigenvalue weighted by atomic mass is 10.2. The first-order valence-electron chi connectivity index (χ1n) is 4.26. The highest BCUT2D eigenvalue weighted by Gasteiger charge is 2.03. The van der Waals surface area contributed by atoms with Gasteiger partial charge in [0.1, 0.15) is 0 Å². The first kappa shape index (κ1) is 7.70. The van der Waals surface area contributed by atoms with Crippen LogP contribution in [0.2, 0.25) is 0 Å². The second-order valence-electron chi connectivity index (χ2n) is 2.94. The third-order valence-corrected chi connectivity index (χ3v) is 2.79. The summed E-state index contributed by atoms with van der Waals surface area (Å²) in [7, 11) is 0. The average molecular weight is 201 g/mol. The van der Waals surface area contributed by atoms with Gasteiger partial charge in [0.05, 0.1) is 11.9 Å². The molecule has 0 aliphatic heterocycles. The molecule has 0 spiro atoms. The number of fused-ring (bicyclic) bond motifs is 1. The van der Waals surface area contributed by atoms with Crippen LogP contribution in [0.25, 0.3) is 16.9 Å². The molecule has 0 aliphatic rings. The number of nitrogens with zero attached hydrogens (tertiary/aromatic N) is 3. The zero-order valence-electron chi connectivity index (χ0n) is 7.29. The summed E-state index contributed by atoms with van der Waals surface area (Å²) in [6.07, 6.45) is 3.57. The molecule has 0 amide bonds. The summed E-state index contributed by atoms with van der Waals surface area (Å²) >= 11 is 1.68. The van der Waals surface area contributed by atoms with Crippen LogP contribution in [-0.4, -0.2) is 14.6 Å². The summed E-state index contributed by atoms with van der Waals surface area (Å²) in [5.41, 5.74) is 3.15. The van der Waals surface area contributed by atoms with E-state index in [1.807, 2.05) is 22.8 Å². The predicted octanol–water partition coefficient (Wildman–Crippen LogP) is 2.46. The Balaban J connectivity index is 2.36. The van der Waals surface area contributed by atoms with E-state index in [2.05, 4.69) is 26.9 Å². The van der Waals surface area contributed by atoms with E-state index in [0.717, 1.165) is 11.3 Å². The Morgan fingerprint density at radius 1 is 1.14 bits per heavy atom. The van der Waals surface area contributed by atoms with E-state index in [-0.39, 0.29) is 0 Å². The molecule has 0 radical (unpaired) electrons. The van der Waals surface area contributed by atoms with Gasteiger partial charge in [-0.2, -0.15) is 16.4 Å². The van der Waals surface area contributed by atoms with E-state index >= 15 is 0 Å². The molecular formula is C10H7N3S. The number of hydrogen-bond acceptors (Lipinski definition) is 3. The Labute approximate surface area is 84.7 Å². The van der Waals surface area contributed by atoms with Gasteiger partial charge in [0, 0.05) is 23.2 Å². The highest BCUT2D eigenvalue weighted by Crippen LogP contribution is 2.21. The smallest absolute Gasteiger partial charge is 0.155 e. The molecule has 0 unspecified atom stereocenters. The quantitative estimate of drug-likeness (QED) is 0.605. The third-order valence-electron chi connectivity index (χ3n) is 2.11. The van der Waals surface area contributed by atoms with Crippen LogP contribution < -0.4 is 0 Å². The van der Waals surface area contributed by atoms with Crippen molar-refractivity contribution in [3.63, 3.8) is 0 Å². The molecule has 14 heavy (non-hydrogen) atoms. The molecule has 0 aliphatic carbocycles. The lowest BCUT2D eigenvalue weighted by Gasteiger charge is -2.00. The fourth-order valence-corrected chi connectivity index (χ4v) is 2.11. The van der Waals surface area contributed by atoms with E-state index < -0.39 is 0 Å². The van der Waals surface area contributed by atoms with Gasteiger partial charge in [0.15, 0.2) is 5.65 Å². The van der Waals surface area contributed by atoms with Crippen molar-refractivity contribution in [1.29, 1.82) is 0 Å². The topological polar surface area (TPSA) is 30.2 Å². The molecular weight excluding hydrogens is 194 g/mol. The summed E-state index contributed by atoms with van der Waals surface area (Å²) in [5, 5.41) is 8.40. The highest BCUT2D eigenvalue weighted by molar-refractivity contribution is 7.08. The minimum atomic E-state index is 0.883. The molecule has 3 heterocycles. The minimum absolute atomic E-state index is 0.883. The van der Waals surface area contributed by atoms with Crippen molar-refractivity contribution < 1.29 is 0 Å². The van der Waals surface area contributed by atoms with E-state index in [1.165, 1.54) is 5.56 Å². The molecule has 3 aromatic rings. The SMILES string of the molecule is c1cc(-c2ccsc2)n2nccc2n1. The Morgan fingerprint density at radius 2 is 2.14 bits per heavy atom. The third kappa shape index (κ3) is 1.04. The van der Waals surface area contributed by atoms with Gasteiger partial charge in [-0.05, 0) is 17.5 Å². The van der Waals surface area contributed by atoms with Crippen molar-refractivity contribution in [2.75, 3.05) is 0 Å². The molecule has 0 fully saturated rings. The van der Waals surface area contributed by atoms with Gasteiger partial charge in [-0.1, -0.05) is 0 Å². The van der Waals surface area contributed by atoms with E-state index in [4.69, 9.17) is 0 Å². The first-order valence-corrected chi connectivity index (χ1v) is 5.21. The lowest BCUT2D eigenvalue weighted by molar-refractivity contribution is 0.949. The molecule has 68 valence electrons. The number of aromatic nitrogens is 3. The Morgan fingerprint density at radius 3 is 3.00 bits per heavy atom. The van der Waals surface area contributed by atoms with Crippen LogP contribution in [0.4, 0.5) is 0 Å². The van der Waals surface area contributed by atoms with Gasteiger partial charge >= 0.3 is 0 Å². The molecule has 3 rings (SSSR count). The molecule has 0 aromatic carbocycles. The molecule has 4 heteroatoms. The van der Waals surface area contributed by atoms with Gasteiger partial charge in [-0.25, -0.2) is 9.50 Å². The number of hydrogen-bond donors (Lipinski definition) is 0. The average Bonchev–Trinajstić information content (AvgIpc) is 2.88. The summed E-state index contributed by atoms with van der Waals surface area (Å²) < 4.78 is 1.85. The second kappa shape index (κ2) is 2.92. The van der Waals surface area contributed by atoms with Crippen LogP contribution in [0.3, 0.4) is 0 Å². The number of rotatable bonds is 1. The van der Waals surface area contributed by atoms with Gasteiger partial charge < -0.3 is 0 Å². The normalized spacial score (nSPS) is 10.9. The van der Waals surface area contributed by atoms with Crippen LogP contribution >= 0.6 is 11.3 Å². The molecule has 0 bridgehead atoms. The van der Waals surface area contributed by atoms with Crippen LogP contribution in [0.15, 0.2) is 41.4 Å². The van der Waals surface area contributed by atoms with Crippen molar-refractivity contribution >= 4 is 17.0 Å². The molecule has 0 saturated carbocycles. The van der Waals surface area contributed by atoms with Gasteiger partial charge in [-0.15, -0.1) is 0 Å². The summed E-state index contributed by atoms with van der Waals surface area (Å²) in [6.45, 7) is 0. The summed E-state index contributed by atoms with van der Waals surface area (Å²) in [6, 6.07) is 5.96. The Bertz CT molecular complexity index is 554. The Hall–Kier alpha value is -1.68. The number of thiophene rings is 1. The molecule has 3 nitrogen and oxygen atoms in total. The lowest BCUT2D eigenvalue weighted by Crippen LogP contribution is -1.93. The van der Waals surface area contributed by atoms with Crippen molar-refractivity contribution in [2.45, 2.75) is 0 Å². The van der Waals surface area contributed by atoms with Crippen molar-refractivity contribution in [3.8, 4) is 11.3 Å². The van der Waals surface area contributed by atoms with Crippen molar-refractivity contribution in [3.05, 3.63) is 41.4 Å². The molecule has 0 N–H and O–H groups in total. The molecule has 3 aromatic heterocycles. The first-order chi connectivity index (χ1) is 6.95. The van der Waals surface area contributed by atoms with E-state index in [1.54, 1.807) is 17.5 Å². The minimum Gasteiger partial charge on any atom is -0.237 e. The second-order valence-corrected chi connectivity index (χ2v) is 3.72. The van der Waals surface area contributed by atoms with Crippen LogP contribution in [0.5, 0.6) is 0 Å². The maximum absolute atomic E-state index is 4.23. The van der Waals surface area contributed by atoms with Gasteiger partial charge in [-0.3, -0.25) is 0 Å². The predicted molar refractivity (Wildman–Crippen MR) is 56.3 cm³/mol. The van der Waals surface area contributed by atoms with Gasteiger partial charge in [0.2, 0.25) is 0 Å². The zero-order chi connectivity index (χ0) is 9.38. The summed E-state index contributed by atoms with van der Waals surface area (Å²) in [5.74, 6) is 0. The summed E-state index contributed by atoms with van der Waals surface area (Å²) in [4.78, 5) is 4.22. The monoisotopic (exact) mass is 201 g/mol. The van der Waals surface area contributed by atoms with Crippen LogP contribution in [-0.2, 0) is 0 Å². The fourth-order valence-electron chi connectivity index (χ4n) is 1.46. The van der Waals surface area contributed by atoms with Crippen molar-refractivity contribution in [2.24, 2.45) is 0 Å². The highest BCUT2D eigenvalue weighted by atomic mass is 32.1. The van der Waals surface area contributed by atoms with E-state index in [9.17, 15) is 0 Å². The van der Waals surface area contributed by atoms with Crippen LogP contribution in [0, 0.1) is 0 Å². The fraction of sp³-hybridized carbons (Fsp3) is 0.